The van der Waals surface area contributed by atoms with E-state index in [-0.39, 0.29) is 16.9 Å². The number of hydrogen-bond donors (Lipinski definition) is 1. The topological polar surface area (TPSA) is 54.3 Å². The highest BCUT2D eigenvalue weighted by Crippen LogP contribution is 2.29. The Labute approximate surface area is 138 Å². The number of amides is 1. The van der Waals surface area contributed by atoms with Gasteiger partial charge in [0.25, 0.3) is 5.56 Å². The van der Waals surface area contributed by atoms with Crippen LogP contribution < -0.4 is 10.9 Å². The average molecular weight is 319 g/mol. The molecule has 1 aromatic rings. The number of rotatable bonds is 6. The largest absolute Gasteiger partial charge is 0.356 e. The van der Waals surface area contributed by atoms with Crippen LogP contribution in [0.2, 0.25) is 0 Å². The van der Waals surface area contributed by atoms with Gasteiger partial charge in [-0.2, -0.15) is 0 Å². The van der Waals surface area contributed by atoms with Gasteiger partial charge in [-0.15, -0.1) is 0 Å². The van der Waals surface area contributed by atoms with Crippen molar-refractivity contribution in [3.63, 3.8) is 0 Å². The number of piperidine rings is 1. The van der Waals surface area contributed by atoms with Gasteiger partial charge in [0, 0.05) is 31.4 Å². The van der Waals surface area contributed by atoms with Crippen molar-refractivity contribution in [1.82, 2.24) is 14.8 Å². The van der Waals surface area contributed by atoms with Crippen LogP contribution in [0.4, 0.5) is 0 Å². The Balaban J connectivity index is 1.82. The molecule has 1 aliphatic rings. The fraction of sp³-hybridized carbons (Fsp3) is 0.667. The summed E-state index contributed by atoms with van der Waals surface area (Å²) in [4.78, 5) is 26.7. The molecule has 1 unspecified atom stereocenters. The smallest absolute Gasteiger partial charge is 0.250 e. The number of carbonyl (C=O) groups excluding carboxylic acids is 1. The van der Waals surface area contributed by atoms with Crippen molar-refractivity contribution in [3.8, 4) is 0 Å². The number of nitrogens with one attached hydrogen (secondary N) is 1. The van der Waals surface area contributed by atoms with Crippen molar-refractivity contribution in [2.24, 2.45) is 5.41 Å². The van der Waals surface area contributed by atoms with Gasteiger partial charge in [-0.1, -0.05) is 13.0 Å². The van der Waals surface area contributed by atoms with Crippen molar-refractivity contribution in [3.05, 3.63) is 34.2 Å². The molecular formula is C18H29N3O2. The lowest BCUT2D eigenvalue weighted by Gasteiger charge is -2.38. The zero-order valence-electron chi connectivity index (χ0n) is 14.6. The second-order valence-electron chi connectivity index (χ2n) is 6.80. The van der Waals surface area contributed by atoms with E-state index in [0.717, 1.165) is 44.6 Å². The molecule has 2 rings (SSSR count). The van der Waals surface area contributed by atoms with Crippen LogP contribution in [-0.4, -0.2) is 41.6 Å². The summed E-state index contributed by atoms with van der Waals surface area (Å²) in [5.74, 6) is 0.146. The van der Waals surface area contributed by atoms with Gasteiger partial charge in [0.15, 0.2) is 0 Å². The molecule has 0 bridgehead atoms. The van der Waals surface area contributed by atoms with Crippen LogP contribution in [0.3, 0.4) is 0 Å². The molecule has 1 N–H and O–H groups in total. The summed E-state index contributed by atoms with van der Waals surface area (Å²) < 4.78 is 1.76. The van der Waals surface area contributed by atoms with E-state index < -0.39 is 0 Å². The SMILES string of the molecule is CCN1CCCC(C)(C(=O)NCCCn2c(C)cccc2=O)C1. The van der Waals surface area contributed by atoms with Crippen molar-refractivity contribution < 1.29 is 4.79 Å². The molecule has 1 aromatic heterocycles. The summed E-state index contributed by atoms with van der Waals surface area (Å²) >= 11 is 0. The Morgan fingerprint density at radius 1 is 1.39 bits per heavy atom. The van der Waals surface area contributed by atoms with Gasteiger partial charge in [-0.25, -0.2) is 0 Å². The maximum atomic E-state index is 12.5. The third-order valence-electron chi connectivity index (χ3n) is 4.88. The molecule has 0 spiro atoms. The molecule has 0 radical (unpaired) electrons. The average Bonchev–Trinajstić information content (AvgIpc) is 2.53. The first-order valence-corrected chi connectivity index (χ1v) is 8.63. The number of hydrogen-bond acceptors (Lipinski definition) is 3. The predicted octanol–water partition coefficient (Wildman–Crippen LogP) is 1.79. The minimum absolute atomic E-state index is 0.0224. The van der Waals surface area contributed by atoms with Gasteiger partial charge in [-0.05, 0) is 52.3 Å². The van der Waals surface area contributed by atoms with Crippen LogP contribution in [0.25, 0.3) is 0 Å². The molecule has 1 amide bonds. The van der Waals surface area contributed by atoms with Gasteiger partial charge in [0.2, 0.25) is 5.91 Å². The zero-order valence-corrected chi connectivity index (χ0v) is 14.6. The Morgan fingerprint density at radius 2 is 2.17 bits per heavy atom. The standard InChI is InChI=1S/C18H29N3O2/c1-4-20-12-6-10-18(3,14-20)17(23)19-11-7-13-21-15(2)8-5-9-16(21)22/h5,8-9H,4,6-7,10-14H2,1-3H3,(H,19,23). The van der Waals surface area contributed by atoms with Crippen LogP contribution >= 0.6 is 0 Å². The Hall–Kier alpha value is -1.62. The summed E-state index contributed by atoms with van der Waals surface area (Å²) in [6.07, 6.45) is 2.80. The third kappa shape index (κ3) is 4.44. The van der Waals surface area contributed by atoms with E-state index in [4.69, 9.17) is 0 Å². The highest BCUT2D eigenvalue weighted by molar-refractivity contribution is 5.82. The molecule has 1 fully saturated rings. The van der Waals surface area contributed by atoms with Gasteiger partial charge >= 0.3 is 0 Å². The normalized spacial score (nSPS) is 22.0. The number of aryl methyl sites for hydroxylation is 1. The first-order valence-electron chi connectivity index (χ1n) is 8.63. The summed E-state index contributed by atoms with van der Waals surface area (Å²) in [7, 11) is 0. The van der Waals surface area contributed by atoms with Crippen LogP contribution in [-0.2, 0) is 11.3 Å². The minimum atomic E-state index is -0.284. The molecule has 2 heterocycles. The Morgan fingerprint density at radius 3 is 2.87 bits per heavy atom. The lowest BCUT2D eigenvalue weighted by molar-refractivity contribution is -0.133. The molecule has 0 saturated carbocycles. The van der Waals surface area contributed by atoms with Crippen LogP contribution in [0, 0.1) is 12.3 Å². The lowest BCUT2D eigenvalue weighted by atomic mass is 9.81. The first-order chi connectivity index (χ1) is 11.0. The zero-order chi connectivity index (χ0) is 16.9. The molecule has 23 heavy (non-hydrogen) atoms. The number of carbonyl (C=O) groups is 1. The number of nitrogens with zero attached hydrogens (tertiary/aromatic N) is 2. The Kier molecular flexibility index (Phi) is 5.99. The fourth-order valence-electron chi connectivity index (χ4n) is 3.36. The molecule has 0 aliphatic carbocycles. The van der Waals surface area contributed by atoms with Crippen LogP contribution in [0.5, 0.6) is 0 Å². The lowest BCUT2D eigenvalue weighted by Crippen LogP contribution is -2.50. The van der Waals surface area contributed by atoms with Crippen molar-refractivity contribution >= 4 is 5.91 Å². The fourth-order valence-corrected chi connectivity index (χ4v) is 3.36. The number of aromatic nitrogens is 1. The second kappa shape index (κ2) is 7.77. The summed E-state index contributed by atoms with van der Waals surface area (Å²) in [6, 6.07) is 5.29. The highest BCUT2D eigenvalue weighted by Gasteiger charge is 2.36. The molecule has 1 atom stereocenters. The maximum Gasteiger partial charge on any atom is 0.250 e. The Bertz CT molecular complexity index is 596. The molecule has 128 valence electrons. The van der Waals surface area contributed by atoms with E-state index in [1.54, 1.807) is 16.7 Å². The monoisotopic (exact) mass is 319 g/mol. The van der Waals surface area contributed by atoms with E-state index in [2.05, 4.69) is 24.1 Å². The molecule has 0 aromatic carbocycles. The molecular weight excluding hydrogens is 290 g/mol. The summed E-state index contributed by atoms with van der Waals surface area (Å²) in [5, 5.41) is 3.07. The second-order valence-corrected chi connectivity index (χ2v) is 6.80. The quantitative estimate of drug-likeness (QED) is 0.813. The van der Waals surface area contributed by atoms with Crippen molar-refractivity contribution in [2.45, 2.75) is 46.6 Å². The first kappa shape index (κ1) is 17.7. The highest BCUT2D eigenvalue weighted by atomic mass is 16.2. The van der Waals surface area contributed by atoms with E-state index in [1.807, 2.05) is 13.0 Å². The van der Waals surface area contributed by atoms with E-state index in [0.29, 0.717) is 13.1 Å². The van der Waals surface area contributed by atoms with Gasteiger partial charge < -0.3 is 14.8 Å². The summed E-state index contributed by atoms with van der Waals surface area (Å²) in [6.45, 7) is 10.3. The van der Waals surface area contributed by atoms with Gasteiger partial charge in [-0.3, -0.25) is 9.59 Å². The van der Waals surface area contributed by atoms with Crippen LogP contribution in [0.15, 0.2) is 23.0 Å². The maximum absolute atomic E-state index is 12.5. The number of pyridine rings is 1. The van der Waals surface area contributed by atoms with E-state index >= 15 is 0 Å². The van der Waals surface area contributed by atoms with Gasteiger partial charge in [0.05, 0.1) is 5.41 Å². The molecule has 5 heteroatoms. The number of likely N-dealkylation sites (tertiary alicyclic amines) is 1. The molecule has 1 saturated heterocycles. The van der Waals surface area contributed by atoms with Crippen LogP contribution in [0.1, 0.15) is 38.8 Å². The predicted molar refractivity (Wildman–Crippen MR) is 92.5 cm³/mol. The molecule has 1 aliphatic heterocycles. The minimum Gasteiger partial charge on any atom is -0.356 e. The van der Waals surface area contributed by atoms with Gasteiger partial charge in [0.1, 0.15) is 0 Å². The van der Waals surface area contributed by atoms with E-state index in [1.165, 1.54) is 0 Å². The third-order valence-corrected chi connectivity index (χ3v) is 4.88. The van der Waals surface area contributed by atoms with Crippen molar-refractivity contribution in [1.29, 1.82) is 0 Å². The molecule has 5 nitrogen and oxygen atoms in total. The summed E-state index contributed by atoms with van der Waals surface area (Å²) in [5.41, 5.74) is 0.698. The van der Waals surface area contributed by atoms with E-state index in [9.17, 15) is 9.59 Å². The van der Waals surface area contributed by atoms with Crippen molar-refractivity contribution in [2.75, 3.05) is 26.2 Å².